The number of fused-ring (bicyclic) bond motifs is 9. The summed E-state index contributed by atoms with van der Waals surface area (Å²) in [5.74, 6) is 1.96. The van der Waals surface area contributed by atoms with Crippen LogP contribution in [0.3, 0.4) is 0 Å². The Balaban J connectivity index is 1.04. The molecule has 0 spiro atoms. The molecule has 300 valence electrons. The quantitative estimate of drug-likeness (QED) is 0.168. The molecule has 0 bridgehead atoms. The van der Waals surface area contributed by atoms with E-state index in [1.165, 1.54) is 32.9 Å². The number of benzene rings is 8. The van der Waals surface area contributed by atoms with Gasteiger partial charge in [-0.15, -0.1) is 0 Å². The van der Waals surface area contributed by atoms with Gasteiger partial charge in [-0.3, -0.25) is 0 Å². The molecule has 8 aromatic carbocycles. The number of aromatic nitrogens is 4. The number of hydrogen-bond acceptors (Lipinski definition) is 4. The van der Waals surface area contributed by atoms with Crippen LogP contribution in [0, 0.1) is 11.8 Å². The van der Waals surface area contributed by atoms with Crippen LogP contribution >= 0.6 is 0 Å². The van der Waals surface area contributed by atoms with Crippen LogP contribution in [0.25, 0.3) is 105 Å². The Labute approximate surface area is 369 Å². The zero-order valence-corrected chi connectivity index (χ0v) is 34.6. The molecule has 2 aliphatic rings. The molecule has 0 aliphatic heterocycles. The van der Waals surface area contributed by atoms with Crippen LogP contribution in [0.4, 0.5) is 0 Å². The van der Waals surface area contributed by atoms with Crippen molar-refractivity contribution < 1.29 is 4.42 Å². The molecule has 0 saturated carbocycles. The van der Waals surface area contributed by atoms with Gasteiger partial charge in [-0.1, -0.05) is 170 Å². The molecule has 0 radical (unpaired) electrons. The Morgan fingerprint density at radius 2 is 1.02 bits per heavy atom. The molecule has 0 saturated heterocycles. The van der Waals surface area contributed by atoms with Crippen molar-refractivity contribution in [2.75, 3.05) is 0 Å². The van der Waals surface area contributed by atoms with E-state index in [1.807, 2.05) is 0 Å². The molecule has 3 aromatic heterocycles. The van der Waals surface area contributed by atoms with Gasteiger partial charge in [-0.25, -0.2) is 15.0 Å². The molecule has 2 unspecified atom stereocenters. The van der Waals surface area contributed by atoms with Gasteiger partial charge in [-0.2, -0.15) is 0 Å². The fourth-order valence-corrected chi connectivity index (χ4v) is 10.2. The second kappa shape index (κ2) is 14.6. The van der Waals surface area contributed by atoms with Crippen LogP contribution in [0.1, 0.15) is 11.4 Å². The third-order valence-corrected chi connectivity index (χ3v) is 13.1. The molecule has 64 heavy (non-hydrogen) atoms. The summed E-state index contributed by atoms with van der Waals surface area (Å²) in [7, 11) is 0. The van der Waals surface area contributed by atoms with E-state index in [-0.39, 0.29) is 11.8 Å². The van der Waals surface area contributed by atoms with Gasteiger partial charge in [0.1, 0.15) is 11.2 Å². The minimum Gasteiger partial charge on any atom is -0.455 e. The van der Waals surface area contributed by atoms with Crippen LogP contribution in [0.2, 0.25) is 0 Å². The van der Waals surface area contributed by atoms with Gasteiger partial charge in [0.2, 0.25) is 0 Å². The van der Waals surface area contributed by atoms with E-state index >= 15 is 0 Å². The normalized spacial score (nSPS) is 15.9. The summed E-state index contributed by atoms with van der Waals surface area (Å²) < 4.78 is 9.30. The molecular weight excluding hydrogens is 781 g/mol. The predicted molar refractivity (Wildman–Crippen MR) is 263 cm³/mol. The highest BCUT2D eigenvalue weighted by atomic mass is 16.3. The lowest BCUT2D eigenvalue weighted by atomic mass is 9.73. The third kappa shape index (κ3) is 5.75. The Kier molecular flexibility index (Phi) is 8.28. The smallest absolute Gasteiger partial charge is 0.167 e. The van der Waals surface area contributed by atoms with E-state index in [2.05, 4.69) is 223 Å². The minimum absolute atomic E-state index is 0.0299. The molecule has 11 aromatic rings. The Hall–Kier alpha value is -8.41. The first-order valence-electron chi connectivity index (χ1n) is 21.9. The Morgan fingerprint density at radius 3 is 1.75 bits per heavy atom. The highest BCUT2D eigenvalue weighted by Gasteiger charge is 2.32. The molecular formula is C59H38N4O. The maximum absolute atomic E-state index is 6.97. The van der Waals surface area contributed by atoms with Crippen molar-refractivity contribution >= 4 is 65.7 Å². The monoisotopic (exact) mass is 818 g/mol. The van der Waals surface area contributed by atoms with Crippen molar-refractivity contribution in [1.29, 1.82) is 0 Å². The second-order valence-electron chi connectivity index (χ2n) is 16.7. The molecule has 3 heterocycles. The van der Waals surface area contributed by atoms with Crippen molar-refractivity contribution in [2.45, 2.75) is 0 Å². The lowest BCUT2D eigenvalue weighted by Crippen LogP contribution is -2.20. The summed E-state index contributed by atoms with van der Waals surface area (Å²) in [6.07, 6.45) is 13.3. The number of hydrogen-bond donors (Lipinski definition) is 0. The SMILES string of the molecule is C1=CC2C(c3ccccc3)=CC=C(c3nc(-c4ccc(-n5c6ccccc6c6ccccc65)cc4)nc(-c4cc5ccccc5c5c4oc4cccc(-c6ccccc6)c45)n3)C2C=C1. The summed E-state index contributed by atoms with van der Waals surface area (Å²) in [6, 6.07) is 64.1. The molecule has 2 aliphatic carbocycles. The van der Waals surface area contributed by atoms with Crippen LogP contribution in [-0.2, 0) is 0 Å². The number of nitrogens with zero attached hydrogens (tertiary/aromatic N) is 4. The summed E-state index contributed by atoms with van der Waals surface area (Å²) in [6.45, 7) is 0. The predicted octanol–water partition coefficient (Wildman–Crippen LogP) is 14.9. The first-order chi connectivity index (χ1) is 31.7. The van der Waals surface area contributed by atoms with Crippen molar-refractivity contribution in [2.24, 2.45) is 11.8 Å². The van der Waals surface area contributed by atoms with Gasteiger partial charge in [0.05, 0.1) is 16.6 Å². The van der Waals surface area contributed by atoms with Gasteiger partial charge in [0, 0.05) is 50.2 Å². The minimum atomic E-state index is 0.0299. The Morgan fingerprint density at radius 1 is 0.422 bits per heavy atom. The third-order valence-electron chi connectivity index (χ3n) is 13.1. The van der Waals surface area contributed by atoms with Gasteiger partial charge in [-0.05, 0) is 81.6 Å². The van der Waals surface area contributed by atoms with Gasteiger partial charge in [0.15, 0.2) is 17.5 Å². The molecule has 0 amide bonds. The summed E-state index contributed by atoms with van der Waals surface area (Å²) in [5, 5.41) is 6.79. The summed E-state index contributed by atoms with van der Waals surface area (Å²) >= 11 is 0. The largest absolute Gasteiger partial charge is 0.455 e. The highest BCUT2D eigenvalue weighted by Crippen LogP contribution is 2.46. The zero-order chi connectivity index (χ0) is 42.1. The summed E-state index contributed by atoms with van der Waals surface area (Å²) in [5.41, 5.74) is 12.5. The first-order valence-corrected chi connectivity index (χ1v) is 21.9. The van der Waals surface area contributed by atoms with Crippen LogP contribution in [-0.4, -0.2) is 19.5 Å². The van der Waals surface area contributed by atoms with E-state index in [4.69, 9.17) is 19.4 Å². The lowest BCUT2D eigenvalue weighted by molar-refractivity contribution is 0.669. The van der Waals surface area contributed by atoms with Gasteiger partial charge < -0.3 is 8.98 Å². The fraction of sp³-hybridized carbons (Fsp3) is 0.0339. The second-order valence-corrected chi connectivity index (χ2v) is 16.7. The van der Waals surface area contributed by atoms with E-state index < -0.39 is 0 Å². The lowest BCUT2D eigenvalue weighted by Gasteiger charge is -2.31. The van der Waals surface area contributed by atoms with Crippen molar-refractivity contribution in [1.82, 2.24) is 19.5 Å². The molecule has 0 fully saturated rings. The Bertz CT molecular complexity index is 3720. The molecule has 5 nitrogen and oxygen atoms in total. The van der Waals surface area contributed by atoms with Crippen LogP contribution in [0.15, 0.2) is 223 Å². The molecule has 5 heteroatoms. The van der Waals surface area contributed by atoms with Crippen molar-refractivity contribution in [3.05, 3.63) is 230 Å². The van der Waals surface area contributed by atoms with Crippen LogP contribution < -0.4 is 0 Å². The van der Waals surface area contributed by atoms with Crippen LogP contribution in [0.5, 0.6) is 0 Å². The molecule has 2 atom stereocenters. The zero-order valence-electron chi connectivity index (χ0n) is 34.6. The maximum Gasteiger partial charge on any atom is 0.167 e. The average Bonchev–Trinajstić information content (AvgIpc) is 3.93. The number of allylic oxidation sites excluding steroid dienone is 8. The van der Waals surface area contributed by atoms with E-state index in [0.29, 0.717) is 17.5 Å². The summed E-state index contributed by atoms with van der Waals surface area (Å²) in [4.78, 5) is 16.2. The van der Waals surface area contributed by atoms with Crippen molar-refractivity contribution in [3.63, 3.8) is 0 Å². The standard InChI is InChI=1S/C59H38N4O/c1-3-16-37(17-4-1)42-34-35-49(46-23-10-9-22-45(42)46)58-60-57(39-30-32-41(33-31-39)63-51-27-13-11-24-47(51)48-25-12-14-28-52(48)63)61-59(62-58)50-36-40-20-7-8-21-44(40)55-54-43(38-18-5-2-6-19-38)26-15-29-53(54)64-56(50)55/h1-36,45-46H. The van der Waals surface area contributed by atoms with Crippen molar-refractivity contribution in [3.8, 4) is 39.6 Å². The average molecular weight is 819 g/mol. The molecule has 0 N–H and O–H groups in total. The maximum atomic E-state index is 6.97. The van der Waals surface area contributed by atoms with Gasteiger partial charge in [0.25, 0.3) is 0 Å². The number of rotatable bonds is 6. The number of para-hydroxylation sites is 2. The molecule has 13 rings (SSSR count). The van der Waals surface area contributed by atoms with E-state index in [9.17, 15) is 0 Å². The number of furan rings is 1. The highest BCUT2D eigenvalue weighted by molar-refractivity contribution is 6.25. The topological polar surface area (TPSA) is 56.7 Å². The van der Waals surface area contributed by atoms with Gasteiger partial charge >= 0.3 is 0 Å². The van der Waals surface area contributed by atoms with E-state index in [0.717, 1.165) is 66.2 Å². The van der Waals surface area contributed by atoms with E-state index in [1.54, 1.807) is 0 Å². The first kappa shape index (κ1) is 36.3. The fourth-order valence-electron chi connectivity index (χ4n) is 10.2.